The van der Waals surface area contributed by atoms with Crippen LogP contribution in [0.5, 0.6) is 5.75 Å². The van der Waals surface area contributed by atoms with Crippen LogP contribution >= 0.6 is 11.6 Å². The number of piperidine rings is 1. The Morgan fingerprint density at radius 1 is 1.05 bits per heavy atom. The number of rotatable bonds is 5. The molecule has 2 saturated heterocycles. The van der Waals surface area contributed by atoms with Crippen molar-refractivity contribution in [3.05, 3.63) is 64.7 Å². The van der Waals surface area contributed by atoms with Gasteiger partial charge in [-0.15, -0.1) is 0 Å². The number of likely N-dealkylation sites (tertiary alicyclic amines) is 2. The number of hydrogen-bond donors (Lipinski definition) is 1. The average molecular weight is 536 g/mol. The van der Waals surface area contributed by atoms with Gasteiger partial charge in [0, 0.05) is 37.8 Å². The molecule has 10 heteroatoms. The lowest BCUT2D eigenvalue weighted by Crippen LogP contribution is -2.44. The van der Waals surface area contributed by atoms with Crippen molar-refractivity contribution in [3.8, 4) is 5.75 Å². The molecule has 0 aromatic heterocycles. The number of amides is 3. The number of nitrogens with one attached hydrogen (secondary N) is 1. The van der Waals surface area contributed by atoms with Crippen LogP contribution in [-0.2, 0) is 11.0 Å². The largest absolute Gasteiger partial charge is 0.493 e. The van der Waals surface area contributed by atoms with Crippen LogP contribution in [0, 0.1) is 5.41 Å². The summed E-state index contributed by atoms with van der Waals surface area (Å²) in [5, 5.41) is 2.21. The van der Waals surface area contributed by atoms with E-state index in [1.165, 1.54) is 17.0 Å². The fourth-order valence-electron chi connectivity index (χ4n) is 4.96. The van der Waals surface area contributed by atoms with Crippen LogP contribution in [-0.4, -0.2) is 54.5 Å². The number of anilines is 1. The first-order chi connectivity index (χ1) is 17.6. The summed E-state index contributed by atoms with van der Waals surface area (Å²) in [5.41, 5.74) is -0.741. The monoisotopic (exact) mass is 535 g/mol. The third kappa shape index (κ3) is 6.21. The molecule has 0 bridgehead atoms. The van der Waals surface area contributed by atoms with Crippen LogP contribution in [0.25, 0.3) is 6.08 Å². The van der Waals surface area contributed by atoms with Crippen LogP contribution in [0.2, 0.25) is 5.02 Å². The highest BCUT2D eigenvalue weighted by molar-refractivity contribution is 6.34. The molecular formula is C27H29ClF3N3O3. The fourth-order valence-corrected chi connectivity index (χ4v) is 5.18. The molecule has 0 atom stereocenters. The lowest BCUT2D eigenvalue weighted by molar-refractivity contribution is -0.137. The van der Waals surface area contributed by atoms with Crippen LogP contribution in [0.15, 0.2) is 48.5 Å². The molecule has 6 nitrogen and oxygen atoms in total. The Morgan fingerprint density at radius 2 is 1.73 bits per heavy atom. The third-order valence-electron chi connectivity index (χ3n) is 7.04. The maximum absolute atomic E-state index is 13.4. The van der Waals surface area contributed by atoms with Crippen molar-refractivity contribution < 1.29 is 27.5 Å². The molecule has 1 spiro atoms. The molecule has 2 heterocycles. The van der Waals surface area contributed by atoms with Crippen molar-refractivity contribution in [1.29, 1.82) is 0 Å². The predicted molar refractivity (Wildman–Crippen MR) is 137 cm³/mol. The lowest BCUT2D eigenvalue weighted by atomic mass is 9.78. The number of para-hydroxylation sites is 2. The van der Waals surface area contributed by atoms with Gasteiger partial charge in [-0.3, -0.25) is 4.79 Å². The van der Waals surface area contributed by atoms with E-state index in [1.54, 1.807) is 17.1 Å². The van der Waals surface area contributed by atoms with Gasteiger partial charge in [0.1, 0.15) is 5.75 Å². The third-order valence-corrected chi connectivity index (χ3v) is 7.35. The van der Waals surface area contributed by atoms with E-state index in [4.69, 9.17) is 16.3 Å². The first kappa shape index (κ1) is 26.9. The van der Waals surface area contributed by atoms with Crippen LogP contribution in [0.1, 0.15) is 37.3 Å². The van der Waals surface area contributed by atoms with E-state index in [9.17, 15) is 22.8 Å². The molecule has 0 saturated carbocycles. The van der Waals surface area contributed by atoms with Crippen LogP contribution in [0.4, 0.5) is 23.7 Å². The zero-order valence-electron chi connectivity index (χ0n) is 20.5. The highest BCUT2D eigenvalue weighted by Gasteiger charge is 2.43. The van der Waals surface area contributed by atoms with Gasteiger partial charge in [0.2, 0.25) is 5.91 Å². The van der Waals surface area contributed by atoms with E-state index in [1.807, 2.05) is 31.2 Å². The number of hydrogen-bond acceptors (Lipinski definition) is 3. The molecule has 2 aliphatic rings. The smallest absolute Gasteiger partial charge is 0.418 e. The van der Waals surface area contributed by atoms with Crippen molar-refractivity contribution in [1.82, 2.24) is 9.80 Å². The number of nitrogens with zero attached hydrogens (tertiary/aromatic N) is 2. The van der Waals surface area contributed by atoms with Gasteiger partial charge in [-0.1, -0.05) is 35.9 Å². The summed E-state index contributed by atoms with van der Waals surface area (Å²) in [5.74, 6) is 0.627. The quantitative estimate of drug-likeness (QED) is 0.456. The normalized spacial score (nSPS) is 17.4. The molecule has 2 aliphatic heterocycles. The summed E-state index contributed by atoms with van der Waals surface area (Å²) in [6, 6.07) is 10.3. The van der Waals surface area contributed by atoms with Crippen LogP contribution in [0.3, 0.4) is 0 Å². The molecule has 0 aliphatic carbocycles. The summed E-state index contributed by atoms with van der Waals surface area (Å²) in [7, 11) is 0. The van der Waals surface area contributed by atoms with E-state index in [0.29, 0.717) is 45.6 Å². The van der Waals surface area contributed by atoms with Crippen molar-refractivity contribution in [3.63, 3.8) is 0 Å². The summed E-state index contributed by atoms with van der Waals surface area (Å²) >= 11 is 5.98. The van der Waals surface area contributed by atoms with Gasteiger partial charge in [0.25, 0.3) is 0 Å². The summed E-state index contributed by atoms with van der Waals surface area (Å²) in [4.78, 5) is 28.9. The predicted octanol–water partition coefficient (Wildman–Crippen LogP) is 6.32. The van der Waals surface area contributed by atoms with Gasteiger partial charge in [-0.05, 0) is 55.9 Å². The molecule has 2 fully saturated rings. The molecule has 2 aromatic rings. The molecule has 4 rings (SSSR count). The van der Waals surface area contributed by atoms with E-state index in [-0.39, 0.29) is 16.3 Å². The van der Waals surface area contributed by atoms with Crippen LogP contribution < -0.4 is 10.1 Å². The number of halogens is 4. The van der Waals surface area contributed by atoms with Crippen molar-refractivity contribution in [2.24, 2.45) is 5.41 Å². The highest BCUT2D eigenvalue weighted by atomic mass is 35.5. The Bertz CT molecular complexity index is 1180. The number of alkyl halides is 3. The van der Waals surface area contributed by atoms with Gasteiger partial charge in [0.05, 0.1) is 22.9 Å². The number of benzene rings is 2. The Hall–Kier alpha value is -3.20. The van der Waals surface area contributed by atoms with Gasteiger partial charge < -0.3 is 19.9 Å². The van der Waals surface area contributed by atoms with Gasteiger partial charge in [-0.25, -0.2) is 4.79 Å². The number of carbonyl (C=O) groups excluding carboxylic acids is 2. The van der Waals surface area contributed by atoms with Gasteiger partial charge in [-0.2, -0.15) is 13.2 Å². The summed E-state index contributed by atoms with van der Waals surface area (Å²) < 4.78 is 45.7. The maximum Gasteiger partial charge on any atom is 0.418 e. The minimum Gasteiger partial charge on any atom is -0.493 e. The molecule has 37 heavy (non-hydrogen) atoms. The molecule has 0 unspecified atom stereocenters. The zero-order valence-corrected chi connectivity index (χ0v) is 21.2. The number of urea groups is 1. The molecule has 3 amide bonds. The average Bonchev–Trinajstić information content (AvgIpc) is 3.28. The second kappa shape index (κ2) is 11.0. The van der Waals surface area contributed by atoms with E-state index < -0.39 is 23.5 Å². The summed E-state index contributed by atoms with van der Waals surface area (Å²) in [6.07, 6.45) is 0.820. The minimum atomic E-state index is -4.64. The van der Waals surface area contributed by atoms with Crippen molar-refractivity contribution >= 4 is 35.3 Å². The Morgan fingerprint density at radius 3 is 2.41 bits per heavy atom. The van der Waals surface area contributed by atoms with Crippen molar-refractivity contribution in [2.45, 2.75) is 32.4 Å². The fraction of sp³-hybridized carbons (Fsp3) is 0.407. The molecule has 1 N–H and O–H groups in total. The maximum atomic E-state index is 13.4. The molecular weight excluding hydrogens is 507 g/mol. The topological polar surface area (TPSA) is 61.9 Å². The first-order valence-electron chi connectivity index (χ1n) is 12.2. The van der Waals surface area contributed by atoms with Crippen molar-refractivity contribution in [2.75, 3.05) is 38.1 Å². The lowest BCUT2D eigenvalue weighted by Gasteiger charge is -2.39. The van der Waals surface area contributed by atoms with E-state index in [0.717, 1.165) is 23.8 Å². The molecule has 0 radical (unpaired) electrons. The zero-order chi connectivity index (χ0) is 26.6. The van der Waals surface area contributed by atoms with E-state index in [2.05, 4.69) is 5.32 Å². The SMILES string of the molecule is CCOc1ccccc1C=CC(=O)N1CCC2(CC1)CCN(C(=O)Nc1c(Cl)cccc1C(F)(F)F)C2. The number of ether oxygens (including phenoxy) is 1. The number of carbonyl (C=O) groups is 2. The highest BCUT2D eigenvalue weighted by Crippen LogP contribution is 2.42. The first-order valence-corrected chi connectivity index (χ1v) is 12.6. The second-order valence-electron chi connectivity index (χ2n) is 9.39. The molecule has 2 aromatic carbocycles. The van der Waals surface area contributed by atoms with Gasteiger partial charge in [0.15, 0.2) is 0 Å². The Labute approximate surface area is 219 Å². The minimum absolute atomic E-state index is 0.0906. The Kier molecular flexibility index (Phi) is 8.02. The summed E-state index contributed by atoms with van der Waals surface area (Å²) in [6.45, 7) is 4.39. The standard InChI is InChI=1S/C27H29ClF3N3O3/c1-2-37-22-9-4-3-6-19(22)10-11-23(35)33-15-12-26(13-16-33)14-17-34(18-26)25(36)32-24-20(27(29,30)31)7-5-8-21(24)28/h3-11H,2,12-18H2,1H3,(H,32,36). The van der Waals surface area contributed by atoms with E-state index >= 15 is 0 Å². The Balaban J connectivity index is 1.34. The second-order valence-corrected chi connectivity index (χ2v) is 9.80. The molecule has 198 valence electrons. The van der Waals surface area contributed by atoms with Gasteiger partial charge >= 0.3 is 12.2 Å².